The lowest BCUT2D eigenvalue weighted by Gasteiger charge is -2.35. The molecule has 1 heterocycles. The highest BCUT2D eigenvalue weighted by Crippen LogP contribution is 2.40. The van der Waals surface area contributed by atoms with Crippen molar-refractivity contribution in [1.82, 2.24) is 9.55 Å². The number of nitrogens with zero attached hydrogens (tertiary/aromatic N) is 2. The first-order chi connectivity index (χ1) is 9.61. The fraction of sp³-hybridized carbons (Fsp3) is 0.500. The quantitative estimate of drug-likeness (QED) is 0.924. The van der Waals surface area contributed by atoms with Crippen molar-refractivity contribution in [2.45, 2.75) is 45.6 Å². The molecule has 0 radical (unpaired) electrons. The third-order valence-electron chi connectivity index (χ3n) is 4.21. The van der Waals surface area contributed by atoms with Crippen LogP contribution >= 0.6 is 0 Å². The molecule has 0 saturated heterocycles. The molecule has 0 spiro atoms. The number of aromatic carboxylic acids is 1. The molecule has 106 valence electrons. The van der Waals surface area contributed by atoms with Crippen LogP contribution in [-0.4, -0.2) is 20.6 Å². The van der Waals surface area contributed by atoms with Crippen molar-refractivity contribution in [3.8, 4) is 0 Å². The minimum absolute atomic E-state index is 0.311. The Morgan fingerprint density at radius 1 is 1.45 bits per heavy atom. The number of carbonyl (C=O) groups is 1. The van der Waals surface area contributed by atoms with Crippen molar-refractivity contribution in [3.63, 3.8) is 0 Å². The van der Waals surface area contributed by atoms with Gasteiger partial charge in [-0.3, -0.25) is 0 Å². The van der Waals surface area contributed by atoms with E-state index in [1.165, 1.54) is 12.8 Å². The molecule has 0 aliphatic heterocycles. The maximum Gasteiger partial charge on any atom is 0.337 e. The SMILES string of the molecule is CCCc1nc2c(C(=O)O)cccc2n1C1CC(C)C1. The van der Waals surface area contributed by atoms with Crippen LogP contribution < -0.4 is 0 Å². The minimum Gasteiger partial charge on any atom is -0.478 e. The maximum atomic E-state index is 11.3. The van der Waals surface area contributed by atoms with Crippen LogP contribution in [0, 0.1) is 5.92 Å². The summed E-state index contributed by atoms with van der Waals surface area (Å²) in [5.41, 5.74) is 1.93. The fourth-order valence-corrected chi connectivity index (χ4v) is 3.22. The second-order valence-corrected chi connectivity index (χ2v) is 5.86. The van der Waals surface area contributed by atoms with Crippen LogP contribution in [0.4, 0.5) is 0 Å². The number of fused-ring (bicyclic) bond motifs is 1. The van der Waals surface area contributed by atoms with Gasteiger partial charge >= 0.3 is 5.97 Å². The van der Waals surface area contributed by atoms with Gasteiger partial charge in [-0.15, -0.1) is 0 Å². The number of hydrogen-bond acceptors (Lipinski definition) is 2. The molecule has 0 unspecified atom stereocenters. The normalized spacial score (nSPS) is 21.9. The van der Waals surface area contributed by atoms with Crippen molar-refractivity contribution in [3.05, 3.63) is 29.6 Å². The van der Waals surface area contributed by atoms with Gasteiger partial charge in [0.1, 0.15) is 11.3 Å². The summed E-state index contributed by atoms with van der Waals surface area (Å²) in [6.07, 6.45) is 4.26. The first-order valence-electron chi connectivity index (χ1n) is 7.35. The number of carboxylic acid groups (broad SMARTS) is 1. The number of para-hydroxylation sites is 1. The summed E-state index contributed by atoms with van der Waals surface area (Å²) in [6.45, 7) is 4.39. The van der Waals surface area contributed by atoms with E-state index in [-0.39, 0.29) is 0 Å². The Morgan fingerprint density at radius 3 is 2.80 bits per heavy atom. The molecule has 1 N–H and O–H groups in total. The lowest BCUT2D eigenvalue weighted by atomic mass is 9.81. The predicted molar refractivity (Wildman–Crippen MR) is 78.1 cm³/mol. The Labute approximate surface area is 118 Å². The maximum absolute atomic E-state index is 11.3. The van der Waals surface area contributed by atoms with Gasteiger partial charge in [0.25, 0.3) is 0 Å². The summed E-state index contributed by atoms with van der Waals surface area (Å²) >= 11 is 0. The Balaban J connectivity index is 2.17. The van der Waals surface area contributed by atoms with Gasteiger partial charge in [0, 0.05) is 12.5 Å². The molecule has 2 aromatic rings. The Kier molecular flexibility index (Phi) is 3.24. The summed E-state index contributed by atoms with van der Waals surface area (Å²) in [5, 5.41) is 9.32. The van der Waals surface area contributed by atoms with Crippen molar-refractivity contribution >= 4 is 17.0 Å². The molecule has 3 rings (SSSR count). The highest BCUT2D eigenvalue weighted by Gasteiger charge is 2.30. The Morgan fingerprint density at radius 2 is 2.20 bits per heavy atom. The number of aromatic nitrogens is 2. The Hall–Kier alpha value is -1.84. The van der Waals surface area contributed by atoms with Gasteiger partial charge in [-0.25, -0.2) is 9.78 Å². The number of benzene rings is 1. The van der Waals surface area contributed by atoms with Crippen LogP contribution in [-0.2, 0) is 6.42 Å². The monoisotopic (exact) mass is 272 g/mol. The summed E-state index contributed by atoms with van der Waals surface area (Å²) in [4.78, 5) is 16.0. The van der Waals surface area contributed by atoms with Crippen LogP contribution in [0.25, 0.3) is 11.0 Å². The number of carboxylic acids is 1. The van der Waals surface area contributed by atoms with Gasteiger partial charge < -0.3 is 9.67 Å². The molecular formula is C16H20N2O2. The lowest BCUT2D eigenvalue weighted by Crippen LogP contribution is -2.26. The zero-order chi connectivity index (χ0) is 14.3. The summed E-state index contributed by atoms with van der Waals surface area (Å²) in [6, 6.07) is 5.94. The van der Waals surface area contributed by atoms with Gasteiger partial charge in [-0.1, -0.05) is 19.9 Å². The smallest absolute Gasteiger partial charge is 0.337 e. The van der Waals surface area contributed by atoms with E-state index in [1.807, 2.05) is 12.1 Å². The molecule has 1 aliphatic rings. The van der Waals surface area contributed by atoms with Crippen LogP contribution in [0.15, 0.2) is 18.2 Å². The summed E-state index contributed by atoms with van der Waals surface area (Å²) in [5.74, 6) is 0.896. The van der Waals surface area contributed by atoms with E-state index >= 15 is 0 Å². The van der Waals surface area contributed by atoms with Crippen molar-refractivity contribution in [1.29, 1.82) is 0 Å². The fourth-order valence-electron chi connectivity index (χ4n) is 3.22. The average Bonchev–Trinajstić information content (AvgIpc) is 2.73. The summed E-state index contributed by atoms with van der Waals surface area (Å²) < 4.78 is 2.28. The largest absolute Gasteiger partial charge is 0.478 e. The first-order valence-corrected chi connectivity index (χ1v) is 7.35. The van der Waals surface area contributed by atoms with Crippen LogP contribution in [0.5, 0.6) is 0 Å². The highest BCUT2D eigenvalue weighted by molar-refractivity contribution is 6.01. The molecule has 1 aromatic heterocycles. The van der Waals surface area contributed by atoms with Crippen molar-refractivity contribution < 1.29 is 9.90 Å². The second kappa shape index (κ2) is 4.93. The minimum atomic E-state index is -0.898. The molecule has 1 aromatic carbocycles. The van der Waals surface area contributed by atoms with Crippen LogP contribution in [0.2, 0.25) is 0 Å². The zero-order valence-corrected chi connectivity index (χ0v) is 12.0. The number of hydrogen-bond donors (Lipinski definition) is 1. The van der Waals surface area contributed by atoms with Crippen molar-refractivity contribution in [2.75, 3.05) is 0 Å². The first kappa shape index (κ1) is 13.2. The van der Waals surface area contributed by atoms with E-state index in [4.69, 9.17) is 0 Å². The molecule has 0 atom stereocenters. The van der Waals surface area contributed by atoms with E-state index in [2.05, 4.69) is 23.4 Å². The van der Waals surface area contributed by atoms with E-state index in [1.54, 1.807) is 6.07 Å². The van der Waals surface area contributed by atoms with E-state index in [0.29, 0.717) is 17.1 Å². The number of rotatable bonds is 4. The van der Waals surface area contributed by atoms with E-state index in [9.17, 15) is 9.90 Å². The second-order valence-electron chi connectivity index (χ2n) is 5.86. The predicted octanol–water partition coefficient (Wildman–Crippen LogP) is 3.66. The number of aryl methyl sites for hydroxylation is 1. The summed E-state index contributed by atoms with van der Waals surface area (Å²) in [7, 11) is 0. The third-order valence-corrected chi connectivity index (χ3v) is 4.21. The lowest BCUT2D eigenvalue weighted by molar-refractivity contribution is 0.0699. The molecule has 4 nitrogen and oxygen atoms in total. The standard InChI is InChI=1S/C16H20N2O2/c1-3-5-14-17-15-12(16(19)20)6-4-7-13(15)18(14)11-8-10(2)9-11/h4,6-7,10-11H,3,5,8-9H2,1-2H3,(H,19,20). The molecule has 20 heavy (non-hydrogen) atoms. The topological polar surface area (TPSA) is 55.1 Å². The van der Waals surface area contributed by atoms with E-state index in [0.717, 1.165) is 30.1 Å². The molecule has 1 saturated carbocycles. The third kappa shape index (κ3) is 1.99. The molecule has 1 fully saturated rings. The Bertz CT molecular complexity index is 654. The molecule has 1 aliphatic carbocycles. The average molecular weight is 272 g/mol. The van der Waals surface area contributed by atoms with Gasteiger partial charge in [0.2, 0.25) is 0 Å². The van der Waals surface area contributed by atoms with Gasteiger partial charge in [-0.05, 0) is 37.3 Å². The zero-order valence-electron chi connectivity index (χ0n) is 12.0. The van der Waals surface area contributed by atoms with E-state index < -0.39 is 5.97 Å². The molecule has 0 amide bonds. The van der Waals surface area contributed by atoms with Gasteiger partial charge in [-0.2, -0.15) is 0 Å². The molecular weight excluding hydrogens is 252 g/mol. The van der Waals surface area contributed by atoms with Gasteiger partial charge in [0.15, 0.2) is 0 Å². The highest BCUT2D eigenvalue weighted by atomic mass is 16.4. The molecule has 0 bridgehead atoms. The van der Waals surface area contributed by atoms with Gasteiger partial charge in [0.05, 0.1) is 11.1 Å². The van der Waals surface area contributed by atoms with Crippen LogP contribution in [0.1, 0.15) is 55.3 Å². The van der Waals surface area contributed by atoms with Crippen LogP contribution in [0.3, 0.4) is 0 Å². The molecule has 4 heteroatoms. The number of imidazole rings is 1. The van der Waals surface area contributed by atoms with Crippen molar-refractivity contribution in [2.24, 2.45) is 5.92 Å².